The van der Waals surface area contributed by atoms with Crippen LogP contribution in [0.2, 0.25) is 0 Å². The molecule has 1 nitrogen and oxygen atoms in total. The number of thiophene rings is 1. The van der Waals surface area contributed by atoms with Crippen molar-refractivity contribution in [2.24, 2.45) is 5.92 Å². The van der Waals surface area contributed by atoms with Gasteiger partial charge in [-0.15, -0.1) is 11.3 Å². The predicted molar refractivity (Wildman–Crippen MR) is 60.5 cm³/mol. The molecule has 0 radical (unpaired) electrons. The van der Waals surface area contributed by atoms with E-state index in [1.807, 2.05) is 11.3 Å². The minimum Gasteiger partial charge on any atom is -0.317 e. The largest absolute Gasteiger partial charge is 0.317 e. The van der Waals surface area contributed by atoms with Gasteiger partial charge in [-0.05, 0) is 49.4 Å². The molecular weight excluding hydrogens is 178 g/mol. The third kappa shape index (κ3) is 3.49. The number of rotatable bonds is 5. The molecule has 0 aliphatic rings. The lowest BCUT2D eigenvalue weighted by Gasteiger charge is -2.10. The number of nitrogens with one attached hydrogen (secondary N) is 1. The van der Waals surface area contributed by atoms with Gasteiger partial charge in [-0.1, -0.05) is 13.8 Å². The predicted octanol–water partition coefficient (Wildman–Crippen LogP) is 2.84. The lowest BCUT2D eigenvalue weighted by atomic mass is 10.1. The van der Waals surface area contributed by atoms with Crippen LogP contribution in [0.1, 0.15) is 24.3 Å². The Kier molecular flexibility index (Phi) is 4.46. The van der Waals surface area contributed by atoms with Crippen LogP contribution < -0.4 is 5.32 Å². The molecule has 0 amide bonds. The van der Waals surface area contributed by atoms with Crippen molar-refractivity contribution in [3.8, 4) is 0 Å². The van der Waals surface area contributed by atoms with E-state index >= 15 is 0 Å². The molecule has 0 aliphatic heterocycles. The van der Waals surface area contributed by atoms with Gasteiger partial charge in [0.2, 0.25) is 0 Å². The molecule has 0 aromatic carbocycles. The summed E-state index contributed by atoms with van der Waals surface area (Å²) in [5, 5.41) is 5.57. The SMILES string of the molecule is CCNCC(C)Cc1sccc1C. The Bertz CT molecular complexity index is 242. The summed E-state index contributed by atoms with van der Waals surface area (Å²) in [4.78, 5) is 1.55. The maximum atomic E-state index is 3.38. The first-order valence-corrected chi connectivity index (χ1v) is 5.85. The first-order chi connectivity index (χ1) is 6.24. The lowest BCUT2D eigenvalue weighted by molar-refractivity contribution is 0.524. The Hall–Kier alpha value is -0.340. The summed E-state index contributed by atoms with van der Waals surface area (Å²) in [6, 6.07) is 2.21. The van der Waals surface area contributed by atoms with Gasteiger partial charge in [0.05, 0.1) is 0 Å². The van der Waals surface area contributed by atoms with Gasteiger partial charge in [-0.3, -0.25) is 0 Å². The first-order valence-electron chi connectivity index (χ1n) is 4.97. The molecule has 1 atom stereocenters. The molecule has 0 bridgehead atoms. The highest BCUT2D eigenvalue weighted by Crippen LogP contribution is 2.19. The summed E-state index contributed by atoms with van der Waals surface area (Å²) in [6.07, 6.45) is 1.22. The fraction of sp³-hybridized carbons (Fsp3) is 0.636. The third-order valence-electron chi connectivity index (χ3n) is 2.24. The molecule has 0 spiro atoms. The second kappa shape index (κ2) is 5.40. The molecule has 74 valence electrons. The van der Waals surface area contributed by atoms with Crippen molar-refractivity contribution in [2.45, 2.75) is 27.2 Å². The summed E-state index contributed by atoms with van der Waals surface area (Å²) in [6.45, 7) is 8.87. The topological polar surface area (TPSA) is 12.0 Å². The van der Waals surface area contributed by atoms with E-state index in [1.165, 1.54) is 12.0 Å². The van der Waals surface area contributed by atoms with Gasteiger partial charge in [0.1, 0.15) is 0 Å². The highest BCUT2D eigenvalue weighted by molar-refractivity contribution is 7.10. The molecule has 0 saturated carbocycles. The van der Waals surface area contributed by atoms with Crippen LogP contribution in [0.3, 0.4) is 0 Å². The minimum atomic E-state index is 0.747. The highest BCUT2D eigenvalue weighted by Gasteiger charge is 2.05. The van der Waals surface area contributed by atoms with Crippen LogP contribution in [0.5, 0.6) is 0 Å². The molecular formula is C11H19NS. The van der Waals surface area contributed by atoms with Gasteiger partial charge in [0.15, 0.2) is 0 Å². The molecule has 0 fully saturated rings. The average Bonchev–Trinajstić information content (AvgIpc) is 2.48. The van der Waals surface area contributed by atoms with E-state index in [0.29, 0.717) is 0 Å². The number of aryl methyl sites for hydroxylation is 1. The summed E-state index contributed by atoms with van der Waals surface area (Å²) in [7, 11) is 0. The first kappa shape index (κ1) is 10.7. The number of hydrogen-bond acceptors (Lipinski definition) is 2. The zero-order chi connectivity index (χ0) is 9.68. The summed E-state index contributed by atoms with van der Waals surface area (Å²) in [5.41, 5.74) is 1.45. The Morgan fingerprint density at radius 2 is 2.31 bits per heavy atom. The van der Waals surface area contributed by atoms with Crippen molar-refractivity contribution in [1.82, 2.24) is 5.32 Å². The Morgan fingerprint density at radius 1 is 1.54 bits per heavy atom. The fourth-order valence-electron chi connectivity index (χ4n) is 1.39. The molecule has 13 heavy (non-hydrogen) atoms. The van der Waals surface area contributed by atoms with Crippen molar-refractivity contribution in [3.05, 3.63) is 21.9 Å². The molecule has 1 rings (SSSR count). The van der Waals surface area contributed by atoms with Crippen LogP contribution >= 0.6 is 11.3 Å². The van der Waals surface area contributed by atoms with Gasteiger partial charge in [0.25, 0.3) is 0 Å². The van der Waals surface area contributed by atoms with Crippen LogP contribution in [0.25, 0.3) is 0 Å². The van der Waals surface area contributed by atoms with E-state index in [0.717, 1.165) is 19.0 Å². The summed E-state index contributed by atoms with van der Waals surface area (Å²) >= 11 is 1.88. The van der Waals surface area contributed by atoms with Crippen LogP contribution in [-0.4, -0.2) is 13.1 Å². The zero-order valence-electron chi connectivity index (χ0n) is 8.76. The second-order valence-corrected chi connectivity index (χ2v) is 4.64. The van der Waals surface area contributed by atoms with Crippen molar-refractivity contribution in [1.29, 1.82) is 0 Å². The van der Waals surface area contributed by atoms with E-state index in [9.17, 15) is 0 Å². The smallest absolute Gasteiger partial charge is 0.00775 e. The molecule has 1 aromatic rings. The number of hydrogen-bond donors (Lipinski definition) is 1. The Morgan fingerprint density at radius 3 is 2.85 bits per heavy atom. The van der Waals surface area contributed by atoms with Gasteiger partial charge >= 0.3 is 0 Å². The van der Waals surface area contributed by atoms with Crippen LogP contribution in [0.4, 0.5) is 0 Å². The van der Waals surface area contributed by atoms with Crippen molar-refractivity contribution in [3.63, 3.8) is 0 Å². The van der Waals surface area contributed by atoms with Crippen molar-refractivity contribution in [2.75, 3.05) is 13.1 Å². The molecule has 1 N–H and O–H groups in total. The molecule has 2 heteroatoms. The zero-order valence-corrected chi connectivity index (χ0v) is 9.58. The summed E-state index contributed by atoms with van der Waals surface area (Å²) in [5.74, 6) is 0.747. The van der Waals surface area contributed by atoms with E-state index in [-0.39, 0.29) is 0 Å². The van der Waals surface area contributed by atoms with Crippen LogP contribution in [0.15, 0.2) is 11.4 Å². The Balaban J connectivity index is 2.36. The maximum absolute atomic E-state index is 3.38. The van der Waals surface area contributed by atoms with Gasteiger partial charge in [0, 0.05) is 4.88 Å². The van der Waals surface area contributed by atoms with E-state index in [1.54, 1.807) is 4.88 Å². The van der Waals surface area contributed by atoms with E-state index in [4.69, 9.17) is 0 Å². The maximum Gasteiger partial charge on any atom is 0.00775 e. The quantitative estimate of drug-likeness (QED) is 0.765. The average molecular weight is 197 g/mol. The van der Waals surface area contributed by atoms with Gasteiger partial charge in [-0.2, -0.15) is 0 Å². The molecule has 0 saturated heterocycles. The fourth-order valence-corrected chi connectivity index (χ4v) is 2.46. The Labute approximate surface area is 85.2 Å². The van der Waals surface area contributed by atoms with Gasteiger partial charge < -0.3 is 5.32 Å². The molecule has 0 aliphatic carbocycles. The lowest BCUT2D eigenvalue weighted by Crippen LogP contribution is -2.21. The molecule has 1 heterocycles. The highest BCUT2D eigenvalue weighted by atomic mass is 32.1. The minimum absolute atomic E-state index is 0.747. The third-order valence-corrected chi connectivity index (χ3v) is 3.29. The van der Waals surface area contributed by atoms with Gasteiger partial charge in [-0.25, -0.2) is 0 Å². The van der Waals surface area contributed by atoms with Crippen molar-refractivity contribution < 1.29 is 0 Å². The van der Waals surface area contributed by atoms with Crippen LogP contribution in [0, 0.1) is 12.8 Å². The van der Waals surface area contributed by atoms with Crippen LogP contribution in [-0.2, 0) is 6.42 Å². The van der Waals surface area contributed by atoms with E-state index in [2.05, 4.69) is 37.5 Å². The summed E-state index contributed by atoms with van der Waals surface area (Å²) < 4.78 is 0. The monoisotopic (exact) mass is 197 g/mol. The van der Waals surface area contributed by atoms with Crippen molar-refractivity contribution >= 4 is 11.3 Å². The standard InChI is InChI=1S/C11H19NS/c1-4-12-8-9(2)7-11-10(3)5-6-13-11/h5-6,9,12H,4,7-8H2,1-3H3. The second-order valence-electron chi connectivity index (χ2n) is 3.64. The normalized spacial score (nSPS) is 13.2. The molecule has 1 aromatic heterocycles. The van der Waals surface area contributed by atoms with E-state index < -0.39 is 0 Å². The molecule has 1 unspecified atom stereocenters.